The van der Waals surface area contributed by atoms with Crippen LogP contribution in [0.1, 0.15) is 54.4 Å². The Balaban J connectivity index is 2.47. The summed E-state index contributed by atoms with van der Waals surface area (Å²) in [6.07, 6.45) is 1.98. The zero-order chi connectivity index (χ0) is 16.2. The Bertz CT molecular complexity index is 370. The monoisotopic (exact) mass is 298 g/mol. The molecule has 0 aliphatic heterocycles. The lowest BCUT2D eigenvalue weighted by Crippen LogP contribution is -2.51. The third-order valence-corrected chi connectivity index (χ3v) is 3.65. The molecule has 0 aromatic carbocycles. The Morgan fingerprint density at radius 3 is 2.19 bits per heavy atom. The first-order valence-corrected chi connectivity index (χ1v) is 7.87. The highest BCUT2D eigenvalue weighted by molar-refractivity contribution is 5.85. The van der Waals surface area contributed by atoms with Gasteiger partial charge in [0.2, 0.25) is 5.91 Å². The average Bonchev–Trinajstić information content (AvgIpc) is 3.14. The second-order valence-electron chi connectivity index (χ2n) is 7.43. The summed E-state index contributed by atoms with van der Waals surface area (Å²) < 4.78 is 5.21. The summed E-state index contributed by atoms with van der Waals surface area (Å²) in [5.74, 6) is 1.13. The molecule has 1 fully saturated rings. The second kappa shape index (κ2) is 7.14. The number of hydrogen-bond donors (Lipinski definition) is 2. The van der Waals surface area contributed by atoms with Gasteiger partial charge in [-0.1, -0.05) is 20.8 Å². The topological polar surface area (TPSA) is 67.4 Å². The molecule has 0 spiro atoms. The van der Waals surface area contributed by atoms with Crippen LogP contribution in [0.15, 0.2) is 0 Å². The van der Waals surface area contributed by atoms with E-state index < -0.39 is 17.7 Å². The second-order valence-corrected chi connectivity index (χ2v) is 7.43. The van der Waals surface area contributed by atoms with Crippen molar-refractivity contribution in [3.05, 3.63) is 0 Å². The molecule has 2 unspecified atom stereocenters. The Morgan fingerprint density at radius 2 is 1.76 bits per heavy atom. The SMILES string of the molecule is CC(C)C(NC(=O)OC(C)(C)C)C(=O)NCC(C)C1CC1. The smallest absolute Gasteiger partial charge is 0.408 e. The Kier molecular flexibility index (Phi) is 6.05. The first-order chi connectivity index (χ1) is 9.60. The lowest BCUT2D eigenvalue weighted by Gasteiger charge is -2.25. The van der Waals surface area contributed by atoms with Crippen LogP contribution in [0.5, 0.6) is 0 Å². The summed E-state index contributed by atoms with van der Waals surface area (Å²) in [5.41, 5.74) is -0.567. The van der Waals surface area contributed by atoms with E-state index >= 15 is 0 Å². The number of ether oxygens (including phenoxy) is 1. The van der Waals surface area contributed by atoms with Crippen LogP contribution in [0.25, 0.3) is 0 Å². The summed E-state index contributed by atoms with van der Waals surface area (Å²) in [4.78, 5) is 24.1. The normalized spacial score (nSPS) is 18.0. The van der Waals surface area contributed by atoms with Gasteiger partial charge in [-0.3, -0.25) is 4.79 Å². The fourth-order valence-corrected chi connectivity index (χ4v) is 2.17. The van der Waals surface area contributed by atoms with Gasteiger partial charge in [-0.2, -0.15) is 0 Å². The largest absolute Gasteiger partial charge is 0.444 e. The molecule has 2 amide bonds. The van der Waals surface area contributed by atoms with E-state index in [1.165, 1.54) is 12.8 Å². The number of amides is 2. The van der Waals surface area contributed by atoms with Crippen LogP contribution >= 0.6 is 0 Å². The van der Waals surface area contributed by atoms with Crippen LogP contribution in [-0.2, 0) is 9.53 Å². The highest BCUT2D eigenvalue weighted by Crippen LogP contribution is 2.36. The highest BCUT2D eigenvalue weighted by atomic mass is 16.6. The van der Waals surface area contributed by atoms with E-state index in [4.69, 9.17) is 4.74 Å². The van der Waals surface area contributed by atoms with E-state index in [-0.39, 0.29) is 11.8 Å². The summed E-state index contributed by atoms with van der Waals surface area (Å²) in [6, 6.07) is -0.564. The molecule has 0 saturated heterocycles. The van der Waals surface area contributed by atoms with Crippen molar-refractivity contribution in [2.45, 2.75) is 66.0 Å². The molecule has 1 rings (SSSR count). The van der Waals surface area contributed by atoms with Crippen LogP contribution in [0.4, 0.5) is 4.79 Å². The van der Waals surface area contributed by atoms with Crippen LogP contribution in [-0.4, -0.2) is 30.2 Å². The molecule has 21 heavy (non-hydrogen) atoms. The highest BCUT2D eigenvalue weighted by Gasteiger charge is 2.30. The first-order valence-electron chi connectivity index (χ1n) is 7.87. The number of rotatable bonds is 6. The van der Waals surface area contributed by atoms with Crippen LogP contribution in [0.3, 0.4) is 0 Å². The van der Waals surface area contributed by atoms with Crippen LogP contribution in [0, 0.1) is 17.8 Å². The first kappa shape index (κ1) is 17.8. The number of hydrogen-bond acceptors (Lipinski definition) is 3. The van der Waals surface area contributed by atoms with Gasteiger partial charge < -0.3 is 15.4 Å². The molecule has 0 aromatic rings. The molecule has 0 aromatic heterocycles. The fourth-order valence-electron chi connectivity index (χ4n) is 2.17. The Labute approximate surface area is 128 Å². The minimum Gasteiger partial charge on any atom is -0.444 e. The molecule has 5 heteroatoms. The number of carbonyl (C=O) groups excluding carboxylic acids is 2. The van der Waals surface area contributed by atoms with E-state index in [1.807, 2.05) is 13.8 Å². The standard InChI is InChI=1S/C16H30N2O3/c1-10(2)13(18-15(20)21-16(4,5)6)14(19)17-9-11(3)12-7-8-12/h10-13H,7-9H2,1-6H3,(H,17,19)(H,18,20). The summed E-state index contributed by atoms with van der Waals surface area (Å²) in [5, 5.41) is 5.61. The van der Waals surface area contributed by atoms with Crippen LogP contribution in [0.2, 0.25) is 0 Å². The van der Waals surface area contributed by atoms with Crippen molar-refractivity contribution in [3.8, 4) is 0 Å². The van der Waals surface area contributed by atoms with Crippen molar-refractivity contribution < 1.29 is 14.3 Å². The van der Waals surface area contributed by atoms with Gasteiger partial charge in [-0.25, -0.2) is 4.79 Å². The maximum absolute atomic E-state index is 12.3. The molecule has 1 saturated carbocycles. The summed E-state index contributed by atoms with van der Waals surface area (Å²) >= 11 is 0. The molecule has 1 aliphatic carbocycles. The van der Waals surface area contributed by atoms with E-state index in [9.17, 15) is 9.59 Å². The van der Waals surface area contributed by atoms with Gasteiger partial charge in [-0.05, 0) is 51.4 Å². The fraction of sp³-hybridized carbons (Fsp3) is 0.875. The molecule has 2 N–H and O–H groups in total. The van der Waals surface area contributed by atoms with Gasteiger partial charge in [0.25, 0.3) is 0 Å². The molecule has 1 aliphatic rings. The molecule has 2 atom stereocenters. The van der Waals surface area contributed by atoms with Crippen molar-refractivity contribution in [2.75, 3.05) is 6.54 Å². The van der Waals surface area contributed by atoms with E-state index in [1.54, 1.807) is 20.8 Å². The van der Waals surface area contributed by atoms with Crippen molar-refractivity contribution in [2.24, 2.45) is 17.8 Å². The van der Waals surface area contributed by atoms with E-state index in [2.05, 4.69) is 17.6 Å². The Hall–Kier alpha value is -1.26. The number of carbonyl (C=O) groups is 2. The molecule has 0 radical (unpaired) electrons. The predicted octanol–water partition coefficient (Wildman–Crippen LogP) is 2.70. The van der Waals surface area contributed by atoms with Crippen molar-refractivity contribution >= 4 is 12.0 Å². The van der Waals surface area contributed by atoms with Gasteiger partial charge >= 0.3 is 6.09 Å². The third-order valence-electron chi connectivity index (χ3n) is 3.65. The van der Waals surface area contributed by atoms with Crippen molar-refractivity contribution in [1.82, 2.24) is 10.6 Å². The van der Waals surface area contributed by atoms with Gasteiger partial charge in [0.1, 0.15) is 11.6 Å². The quantitative estimate of drug-likeness (QED) is 0.792. The molecular formula is C16H30N2O3. The third kappa shape index (κ3) is 6.82. The summed E-state index contributed by atoms with van der Waals surface area (Å²) in [6.45, 7) is 12.0. The van der Waals surface area contributed by atoms with E-state index in [0.29, 0.717) is 12.5 Å². The lowest BCUT2D eigenvalue weighted by atomic mass is 10.0. The minimum absolute atomic E-state index is 0.00810. The molecule has 0 heterocycles. The number of alkyl carbamates (subject to hydrolysis) is 1. The molecule has 0 bridgehead atoms. The zero-order valence-corrected chi connectivity index (χ0v) is 14.2. The van der Waals surface area contributed by atoms with Gasteiger partial charge in [0, 0.05) is 6.54 Å². The molecule has 5 nitrogen and oxygen atoms in total. The van der Waals surface area contributed by atoms with Crippen LogP contribution < -0.4 is 10.6 Å². The Morgan fingerprint density at radius 1 is 1.19 bits per heavy atom. The van der Waals surface area contributed by atoms with E-state index in [0.717, 1.165) is 5.92 Å². The zero-order valence-electron chi connectivity index (χ0n) is 14.2. The van der Waals surface area contributed by atoms with Crippen molar-refractivity contribution in [1.29, 1.82) is 0 Å². The molecule has 122 valence electrons. The predicted molar refractivity (Wildman–Crippen MR) is 82.9 cm³/mol. The average molecular weight is 298 g/mol. The van der Waals surface area contributed by atoms with Gasteiger partial charge in [-0.15, -0.1) is 0 Å². The summed E-state index contributed by atoms with van der Waals surface area (Å²) in [7, 11) is 0. The van der Waals surface area contributed by atoms with Crippen molar-refractivity contribution in [3.63, 3.8) is 0 Å². The van der Waals surface area contributed by atoms with Gasteiger partial charge in [0.15, 0.2) is 0 Å². The number of nitrogens with one attached hydrogen (secondary N) is 2. The maximum Gasteiger partial charge on any atom is 0.408 e. The minimum atomic E-state index is -0.567. The maximum atomic E-state index is 12.3. The lowest BCUT2D eigenvalue weighted by molar-refractivity contribution is -0.124. The molecular weight excluding hydrogens is 268 g/mol. The van der Waals surface area contributed by atoms with Gasteiger partial charge in [0.05, 0.1) is 0 Å².